The van der Waals surface area contributed by atoms with Gasteiger partial charge in [0.2, 0.25) is 9.05 Å². The molecule has 0 atom stereocenters. The molecule has 4 nitrogen and oxygen atoms in total. The maximum Gasteiger partial charge on any atom is 0.238 e. The van der Waals surface area contributed by atoms with E-state index < -0.39 is 13.8 Å². The molecule has 0 aliphatic heterocycles. The zero-order chi connectivity index (χ0) is 11.1. The number of hydrogen-bond donors (Lipinski definition) is 0. The van der Waals surface area contributed by atoms with Gasteiger partial charge >= 0.3 is 0 Å². The number of hydrogen-bond acceptors (Lipinski definition) is 3. The number of aryl methyl sites for hydroxylation is 2. The third kappa shape index (κ3) is 2.18. The van der Waals surface area contributed by atoms with E-state index in [4.69, 9.17) is 10.7 Å². The Labute approximate surface area is 93.7 Å². The highest BCUT2D eigenvalue weighted by atomic mass is 35.7. The van der Waals surface area contributed by atoms with Crippen LogP contribution in [0.4, 0.5) is 0 Å². The SMILES string of the molecule is Cn1cc(CCC2(S(=O)(=O)Cl)CC2)cn1. The molecular weight excluding hydrogens is 236 g/mol. The molecule has 1 saturated carbocycles. The molecule has 0 amide bonds. The summed E-state index contributed by atoms with van der Waals surface area (Å²) < 4.78 is 23.6. The molecule has 1 heterocycles. The van der Waals surface area contributed by atoms with Gasteiger partial charge in [0.05, 0.1) is 10.9 Å². The molecular formula is C9H13ClN2O2S. The standard InChI is InChI=1S/C9H13ClN2O2S/c1-12-7-8(6-11-12)2-3-9(4-5-9)15(10,13)14/h6-7H,2-5H2,1H3. The van der Waals surface area contributed by atoms with Gasteiger partial charge in [-0.3, -0.25) is 4.68 Å². The van der Waals surface area contributed by atoms with E-state index in [0.29, 0.717) is 19.3 Å². The number of aromatic nitrogens is 2. The molecule has 6 heteroatoms. The zero-order valence-electron chi connectivity index (χ0n) is 8.48. The van der Waals surface area contributed by atoms with Crippen LogP contribution in [0.15, 0.2) is 12.4 Å². The molecule has 1 aliphatic rings. The maximum atomic E-state index is 11.3. The fourth-order valence-electron chi connectivity index (χ4n) is 1.73. The largest absolute Gasteiger partial charge is 0.276 e. The molecule has 0 aromatic carbocycles. The van der Waals surface area contributed by atoms with Gasteiger partial charge in [0.25, 0.3) is 0 Å². The summed E-state index contributed by atoms with van der Waals surface area (Å²) in [6, 6.07) is 0. The molecule has 1 fully saturated rings. The predicted molar refractivity (Wildman–Crippen MR) is 58.3 cm³/mol. The molecule has 1 aliphatic carbocycles. The van der Waals surface area contributed by atoms with Crippen molar-refractivity contribution in [2.45, 2.75) is 30.4 Å². The minimum Gasteiger partial charge on any atom is -0.276 e. The molecule has 0 bridgehead atoms. The Balaban J connectivity index is 2.00. The highest BCUT2D eigenvalue weighted by Crippen LogP contribution is 2.48. The summed E-state index contributed by atoms with van der Waals surface area (Å²) >= 11 is 0. The van der Waals surface area contributed by atoms with Gasteiger partial charge in [0, 0.05) is 23.9 Å². The molecule has 1 aromatic heterocycles. The summed E-state index contributed by atoms with van der Waals surface area (Å²) in [7, 11) is 3.84. The Kier molecular flexibility index (Phi) is 2.55. The summed E-state index contributed by atoms with van der Waals surface area (Å²) in [5.41, 5.74) is 1.06. The van der Waals surface area contributed by atoms with Crippen LogP contribution < -0.4 is 0 Å². The van der Waals surface area contributed by atoms with Gasteiger partial charge in [-0.15, -0.1) is 0 Å². The molecule has 0 unspecified atom stereocenters. The van der Waals surface area contributed by atoms with Crippen molar-refractivity contribution in [3.63, 3.8) is 0 Å². The first kappa shape index (κ1) is 11.0. The van der Waals surface area contributed by atoms with Crippen molar-refractivity contribution in [1.29, 1.82) is 0 Å². The first-order valence-corrected chi connectivity index (χ1v) is 7.16. The monoisotopic (exact) mass is 248 g/mol. The second-order valence-corrected chi connectivity index (χ2v) is 7.10. The molecule has 0 saturated heterocycles. The average molecular weight is 249 g/mol. The van der Waals surface area contributed by atoms with Crippen molar-refractivity contribution in [2.75, 3.05) is 0 Å². The topological polar surface area (TPSA) is 52.0 Å². The van der Waals surface area contributed by atoms with Crippen LogP contribution in [0.3, 0.4) is 0 Å². The first-order valence-electron chi connectivity index (χ1n) is 4.85. The van der Waals surface area contributed by atoms with Crippen LogP contribution in [0, 0.1) is 0 Å². The van der Waals surface area contributed by atoms with E-state index in [-0.39, 0.29) is 0 Å². The zero-order valence-corrected chi connectivity index (χ0v) is 10.1. The van der Waals surface area contributed by atoms with Crippen molar-refractivity contribution in [3.8, 4) is 0 Å². The normalized spacial score (nSPS) is 19.1. The van der Waals surface area contributed by atoms with E-state index in [9.17, 15) is 8.42 Å². The van der Waals surface area contributed by atoms with Crippen molar-refractivity contribution < 1.29 is 8.42 Å². The number of nitrogens with zero attached hydrogens (tertiary/aromatic N) is 2. The van der Waals surface area contributed by atoms with E-state index in [1.54, 1.807) is 10.9 Å². The van der Waals surface area contributed by atoms with Crippen molar-refractivity contribution in [2.24, 2.45) is 7.05 Å². The lowest BCUT2D eigenvalue weighted by molar-refractivity contribution is 0.582. The first-order chi connectivity index (χ1) is 6.93. The van der Waals surface area contributed by atoms with E-state index in [2.05, 4.69) is 5.10 Å². The van der Waals surface area contributed by atoms with Crippen LogP contribution >= 0.6 is 10.7 Å². The molecule has 0 radical (unpaired) electrons. The Hall–Kier alpha value is -0.550. The summed E-state index contributed by atoms with van der Waals surface area (Å²) in [5.74, 6) is 0. The summed E-state index contributed by atoms with van der Waals surface area (Å²) in [6.45, 7) is 0. The van der Waals surface area contributed by atoms with Gasteiger partial charge in [-0.1, -0.05) is 0 Å². The molecule has 0 N–H and O–H groups in total. The second kappa shape index (κ2) is 3.49. The van der Waals surface area contributed by atoms with Crippen LogP contribution in [-0.4, -0.2) is 22.9 Å². The lowest BCUT2D eigenvalue weighted by Gasteiger charge is -2.09. The molecule has 15 heavy (non-hydrogen) atoms. The maximum absolute atomic E-state index is 11.3. The Morgan fingerprint density at radius 1 is 1.60 bits per heavy atom. The van der Waals surface area contributed by atoms with Gasteiger partial charge in [-0.25, -0.2) is 8.42 Å². The van der Waals surface area contributed by atoms with Crippen molar-refractivity contribution in [1.82, 2.24) is 9.78 Å². The molecule has 0 spiro atoms. The van der Waals surface area contributed by atoms with Crippen LogP contribution in [-0.2, 0) is 22.5 Å². The third-order valence-electron chi connectivity index (χ3n) is 2.95. The lowest BCUT2D eigenvalue weighted by atomic mass is 10.1. The van der Waals surface area contributed by atoms with Crippen molar-refractivity contribution >= 4 is 19.7 Å². The van der Waals surface area contributed by atoms with Gasteiger partial charge in [-0.2, -0.15) is 5.10 Å². The molecule has 84 valence electrons. The van der Waals surface area contributed by atoms with Gasteiger partial charge in [0.1, 0.15) is 0 Å². The van der Waals surface area contributed by atoms with Crippen LogP contribution in [0.25, 0.3) is 0 Å². The van der Waals surface area contributed by atoms with Gasteiger partial charge in [0.15, 0.2) is 0 Å². The molecule has 1 aromatic rings. The predicted octanol–water partition coefficient (Wildman–Crippen LogP) is 1.45. The summed E-state index contributed by atoms with van der Waals surface area (Å²) in [5, 5.41) is 4.03. The third-order valence-corrected chi connectivity index (χ3v) is 5.58. The minimum absolute atomic E-state index is 0.602. The van der Waals surface area contributed by atoms with Gasteiger partial charge in [-0.05, 0) is 31.2 Å². The highest BCUT2D eigenvalue weighted by molar-refractivity contribution is 8.15. The lowest BCUT2D eigenvalue weighted by Crippen LogP contribution is -2.18. The van der Waals surface area contributed by atoms with Crippen LogP contribution in [0.5, 0.6) is 0 Å². The fraction of sp³-hybridized carbons (Fsp3) is 0.667. The quantitative estimate of drug-likeness (QED) is 0.758. The summed E-state index contributed by atoms with van der Waals surface area (Å²) in [6.07, 6.45) is 6.37. The minimum atomic E-state index is -3.41. The fourth-order valence-corrected chi connectivity index (χ4v) is 3.36. The Morgan fingerprint density at radius 2 is 2.27 bits per heavy atom. The van der Waals surface area contributed by atoms with Gasteiger partial charge < -0.3 is 0 Å². The number of rotatable bonds is 4. The second-order valence-electron chi connectivity index (χ2n) is 4.14. The average Bonchev–Trinajstić information content (AvgIpc) is 2.82. The smallest absolute Gasteiger partial charge is 0.238 e. The van der Waals surface area contributed by atoms with Crippen molar-refractivity contribution in [3.05, 3.63) is 18.0 Å². The Bertz CT molecular complexity index is 462. The van der Waals surface area contributed by atoms with E-state index in [0.717, 1.165) is 12.0 Å². The van der Waals surface area contributed by atoms with Crippen LogP contribution in [0.1, 0.15) is 24.8 Å². The van der Waals surface area contributed by atoms with E-state index in [1.165, 1.54) is 0 Å². The van der Waals surface area contributed by atoms with E-state index >= 15 is 0 Å². The van der Waals surface area contributed by atoms with Crippen LogP contribution in [0.2, 0.25) is 0 Å². The number of halogens is 1. The highest BCUT2D eigenvalue weighted by Gasteiger charge is 2.53. The Morgan fingerprint density at radius 3 is 2.67 bits per heavy atom. The molecule has 2 rings (SSSR count). The van der Waals surface area contributed by atoms with E-state index in [1.807, 2.05) is 13.2 Å². The summed E-state index contributed by atoms with van der Waals surface area (Å²) in [4.78, 5) is 0.